The molecule has 0 aromatic heterocycles. The van der Waals surface area contributed by atoms with Crippen LogP contribution in [0.5, 0.6) is 0 Å². The molecular weight excluding hydrogens is 280 g/mol. The van der Waals surface area contributed by atoms with Gasteiger partial charge < -0.3 is 15.1 Å². The fourth-order valence-electron chi connectivity index (χ4n) is 2.65. The Morgan fingerprint density at radius 1 is 1.14 bits per heavy atom. The monoisotopic (exact) mass is 306 g/mol. The van der Waals surface area contributed by atoms with Gasteiger partial charge in [0.1, 0.15) is 26.2 Å². The van der Waals surface area contributed by atoms with Gasteiger partial charge in [-0.25, -0.2) is 4.79 Å². The smallest absolute Gasteiger partial charge is 0.326 e. The van der Waals surface area contributed by atoms with E-state index >= 15 is 0 Å². The largest absolute Gasteiger partial charge is 0.328 e. The zero-order valence-electron chi connectivity index (χ0n) is 13.6. The number of urea groups is 1. The van der Waals surface area contributed by atoms with Crippen molar-refractivity contribution in [3.05, 3.63) is 29.3 Å². The van der Waals surface area contributed by atoms with E-state index in [9.17, 15) is 9.59 Å². The van der Waals surface area contributed by atoms with Crippen LogP contribution in [0.4, 0.5) is 10.5 Å². The maximum Gasteiger partial charge on any atom is 0.326 e. The second-order valence-corrected chi connectivity index (χ2v) is 6.13. The van der Waals surface area contributed by atoms with Gasteiger partial charge >= 0.3 is 6.03 Å². The molecule has 3 amide bonds. The van der Waals surface area contributed by atoms with Gasteiger partial charge in [0.15, 0.2) is 6.54 Å². The van der Waals surface area contributed by atoms with Crippen LogP contribution in [0.1, 0.15) is 11.1 Å². The van der Waals surface area contributed by atoms with Gasteiger partial charge in [0, 0.05) is 5.69 Å². The van der Waals surface area contributed by atoms with Gasteiger partial charge in [0.25, 0.3) is 5.91 Å². The highest BCUT2D eigenvalue weighted by molar-refractivity contribution is 6.01. The van der Waals surface area contributed by atoms with Crippen LogP contribution in [0.15, 0.2) is 18.2 Å². The fourth-order valence-corrected chi connectivity index (χ4v) is 2.65. The molecule has 0 spiro atoms. The first-order chi connectivity index (χ1) is 10.5. The quantitative estimate of drug-likeness (QED) is 0.541. The second kappa shape index (κ2) is 7.38. The average Bonchev–Trinajstić information content (AvgIpc) is 2.46. The van der Waals surface area contributed by atoms with Gasteiger partial charge in [-0.3, -0.25) is 10.1 Å². The maximum atomic E-state index is 11.9. The number of quaternary nitrogens is 2. The van der Waals surface area contributed by atoms with Crippen LogP contribution in [-0.2, 0) is 4.79 Å². The molecular formula is C16H26N4O2+2. The van der Waals surface area contributed by atoms with E-state index in [4.69, 9.17) is 0 Å². The molecule has 1 aliphatic heterocycles. The summed E-state index contributed by atoms with van der Waals surface area (Å²) in [6.45, 7) is 8.36. The number of hydrogen-bond acceptors (Lipinski definition) is 2. The molecule has 1 aromatic carbocycles. The molecule has 0 unspecified atom stereocenters. The van der Waals surface area contributed by atoms with Crippen molar-refractivity contribution in [1.82, 2.24) is 5.32 Å². The third kappa shape index (κ3) is 4.54. The maximum absolute atomic E-state index is 11.9. The van der Waals surface area contributed by atoms with Crippen LogP contribution in [0.2, 0.25) is 0 Å². The van der Waals surface area contributed by atoms with Crippen molar-refractivity contribution in [3.8, 4) is 0 Å². The number of carbonyl (C=O) groups excluding carboxylic acids is 2. The molecule has 1 heterocycles. The van der Waals surface area contributed by atoms with Gasteiger partial charge in [-0.2, -0.15) is 0 Å². The predicted molar refractivity (Wildman–Crippen MR) is 85.3 cm³/mol. The lowest BCUT2D eigenvalue weighted by Gasteiger charge is -2.26. The Morgan fingerprint density at radius 2 is 1.82 bits per heavy atom. The summed E-state index contributed by atoms with van der Waals surface area (Å²) < 4.78 is 0. The molecule has 0 atom stereocenters. The van der Waals surface area contributed by atoms with Crippen LogP contribution in [0.3, 0.4) is 0 Å². The lowest BCUT2D eigenvalue weighted by molar-refractivity contribution is -1.000. The van der Waals surface area contributed by atoms with E-state index in [1.54, 1.807) is 0 Å². The molecule has 1 fully saturated rings. The van der Waals surface area contributed by atoms with Crippen LogP contribution >= 0.6 is 0 Å². The number of imide groups is 1. The molecule has 6 nitrogen and oxygen atoms in total. The number of amides is 3. The van der Waals surface area contributed by atoms with Crippen molar-refractivity contribution >= 4 is 17.6 Å². The topological polar surface area (TPSA) is 67.1 Å². The molecule has 22 heavy (non-hydrogen) atoms. The van der Waals surface area contributed by atoms with Crippen molar-refractivity contribution in [2.45, 2.75) is 13.8 Å². The molecule has 2 rings (SSSR count). The summed E-state index contributed by atoms with van der Waals surface area (Å²) in [7, 11) is 2.16. The highest BCUT2D eigenvalue weighted by atomic mass is 16.2. The summed E-state index contributed by atoms with van der Waals surface area (Å²) in [5, 5.41) is 5.16. The van der Waals surface area contributed by atoms with Gasteiger partial charge in [-0.15, -0.1) is 0 Å². The molecule has 1 aliphatic rings. The zero-order valence-corrected chi connectivity index (χ0v) is 13.6. The number of benzene rings is 1. The molecule has 1 aromatic rings. The molecule has 120 valence electrons. The number of likely N-dealkylation sites (N-methyl/N-ethyl adjacent to an activating group) is 1. The Morgan fingerprint density at radius 3 is 2.50 bits per heavy atom. The van der Waals surface area contributed by atoms with Crippen LogP contribution in [0, 0.1) is 13.8 Å². The first-order valence-corrected chi connectivity index (χ1v) is 7.77. The van der Waals surface area contributed by atoms with Gasteiger partial charge in [-0.05, 0) is 31.0 Å². The van der Waals surface area contributed by atoms with Crippen LogP contribution < -0.4 is 20.4 Å². The van der Waals surface area contributed by atoms with Crippen molar-refractivity contribution in [2.24, 2.45) is 0 Å². The van der Waals surface area contributed by atoms with Gasteiger partial charge in [-0.1, -0.05) is 12.1 Å². The Bertz CT molecular complexity index is 551. The Kier molecular flexibility index (Phi) is 5.51. The van der Waals surface area contributed by atoms with E-state index in [0.717, 1.165) is 43.0 Å². The summed E-state index contributed by atoms with van der Waals surface area (Å²) in [5.74, 6) is -0.225. The highest BCUT2D eigenvalue weighted by Crippen LogP contribution is 2.17. The second-order valence-electron chi connectivity index (χ2n) is 6.13. The summed E-state index contributed by atoms with van der Waals surface area (Å²) >= 11 is 0. The van der Waals surface area contributed by atoms with E-state index in [2.05, 4.69) is 17.7 Å². The molecule has 0 bridgehead atoms. The normalized spacial score (nSPS) is 21.2. The van der Waals surface area contributed by atoms with E-state index < -0.39 is 6.03 Å². The number of nitrogens with one attached hydrogen (secondary N) is 4. The number of anilines is 1. The van der Waals surface area contributed by atoms with E-state index in [1.807, 2.05) is 32.0 Å². The van der Waals surface area contributed by atoms with Crippen molar-refractivity contribution < 1.29 is 19.4 Å². The first kappa shape index (κ1) is 16.5. The minimum absolute atomic E-state index is 0.225. The van der Waals surface area contributed by atoms with Crippen LogP contribution in [0.25, 0.3) is 0 Å². The number of piperazine rings is 1. The Hall–Kier alpha value is -1.92. The lowest BCUT2D eigenvalue weighted by Crippen LogP contribution is -3.27. The van der Waals surface area contributed by atoms with Crippen molar-refractivity contribution in [2.75, 3.05) is 45.1 Å². The molecule has 0 radical (unpaired) electrons. The third-order valence-electron chi connectivity index (χ3n) is 4.33. The number of carbonyl (C=O) groups is 2. The number of hydrogen-bond donors (Lipinski definition) is 4. The van der Waals surface area contributed by atoms with Gasteiger partial charge in [0.05, 0.1) is 7.05 Å². The zero-order chi connectivity index (χ0) is 16.1. The van der Waals surface area contributed by atoms with E-state index in [0.29, 0.717) is 6.54 Å². The minimum atomic E-state index is -0.460. The SMILES string of the molecule is Cc1cccc(NC(=O)NC(=O)C[NH+]2CC[NH+](C)CC2)c1C. The van der Waals surface area contributed by atoms with E-state index in [1.165, 1.54) is 9.80 Å². The minimum Gasteiger partial charge on any atom is -0.328 e. The molecule has 1 saturated heterocycles. The summed E-state index contributed by atoms with van der Waals surface area (Å²) in [6, 6.07) is 5.25. The van der Waals surface area contributed by atoms with Crippen molar-refractivity contribution in [3.63, 3.8) is 0 Å². The summed E-state index contributed by atoms with van der Waals surface area (Å²) in [4.78, 5) is 26.6. The molecule has 0 aliphatic carbocycles. The van der Waals surface area contributed by atoms with Crippen molar-refractivity contribution in [1.29, 1.82) is 0 Å². The molecule has 6 heteroatoms. The number of rotatable bonds is 3. The van der Waals surface area contributed by atoms with Crippen LogP contribution in [-0.4, -0.2) is 51.7 Å². The molecule has 0 saturated carbocycles. The standard InChI is InChI=1S/C16H24N4O2/c1-12-5-4-6-14(13(12)2)17-16(22)18-15(21)11-20-9-7-19(3)8-10-20/h4-6H,7-11H2,1-3H3,(H2,17,18,21,22)/p+2. The Labute approximate surface area is 131 Å². The molecule has 4 N–H and O–H groups in total. The predicted octanol–water partition coefficient (Wildman–Crippen LogP) is -1.64. The summed E-state index contributed by atoms with van der Waals surface area (Å²) in [6.07, 6.45) is 0. The fraction of sp³-hybridized carbons (Fsp3) is 0.500. The van der Waals surface area contributed by atoms with E-state index in [-0.39, 0.29) is 5.91 Å². The lowest BCUT2D eigenvalue weighted by atomic mass is 10.1. The number of aryl methyl sites for hydroxylation is 1. The third-order valence-corrected chi connectivity index (χ3v) is 4.33. The van der Waals surface area contributed by atoms with Gasteiger partial charge in [0.2, 0.25) is 0 Å². The Balaban J connectivity index is 1.81. The first-order valence-electron chi connectivity index (χ1n) is 7.77. The highest BCUT2D eigenvalue weighted by Gasteiger charge is 2.23. The average molecular weight is 306 g/mol. The summed E-state index contributed by atoms with van der Waals surface area (Å²) in [5.41, 5.74) is 2.85.